The van der Waals surface area contributed by atoms with Gasteiger partial charge < -0.3 is 4.57 Å². The summed E-state index contributed by atoms with van der Waals surface area (Å²) >= 11 is 0. The first-order valence-corrected chi connectivity index (χ1v) is 8.91. The Morgan fingerprint density at radius 1 is 1.12 bits per heavy atom. The average molecular weight is 341 g/mol. The van der Waals surface area contributed by atoms with E-state index in [0.29, 0.717) is 0 Å². The Morgan fingerprint density at radius 3 is 2.12 bits per heavy atom. The minimum atomic E-state index is 0.0641. The SMILES string of the molecule is BCC=C(c1ccccc1)c1ccccc1.CC(C#N)Cn1ccnc1. The summed E-state index contributed by atoms with van der Waals surface area (Å²) in [7, 11) is 2.17. The van der Waals surface area contributed by atoms with Gasteiger partial charge in [0.05, 0.1) is 18.3 Å². The van der Waals surface area contributed by atoms with E-state index in [1.807, 2.05) is 17.7 Å². The number of hydrogen-bond donors (Lipinski definition) is 0. The van der Waals surface area contributed by atoms with E-state index in [-0.39, 0.29) is 5.92 Å². The second-order valence-electron chi connectivity index (χ2n) is 6.05. The van der Waals surface area contributed by atoms with Crippen molar-refractivity contribution in [1.29, 1.82) is 5.26 Å². The van der Waals surface area contributed by atoms with E-state index in [4.69, 9.17) is 5.26 Å². The third-order valence-corrected chi connectivity index (χ3v) is 3.84. The van der Waals surface area contributed by atoms with E-state index < -0.39 is 0 Å². The van der Waals surface area contributed by atoms with E-state index in [1.54, 1.807) is 12.5 Å². The molecule has 0 radical (unpaired) electrons. The summed E-state index contributed by atoms with van der Waals surface area (Å²) in [6.07, 6.45) is 8.62. The highest BCUT2D eigenvalue weighted by Gasteiger charge is 2.02. The molecule has 130 valence electrons. The van der Waals surface area contributed by atoms with E-state index in [9.17, 15) is 0 Å². The minimum Gasteiger partial charge on any atom is -0.336 e. The fourth-order valence-corrected chi connectivity index (χ4v) is 2.59. The summed E-state index contributed by atoms with van der Waals surface area (Å²) in [5.41, 5.74) is 3.90. The molecule has 2 aromatic carbocycles. The summed E-state index contributed by atoms with van der Waals surface area (Å²) in [4.78, 5) is 3.86. The maximum Gasteiger partial charge on any atom is 0.106 e. The van der Waals surface area contributed by atoms with Gasteiger partial charge >= 0.3 is 0 Å². The van der Waals surface area contributed by atoms with Crippen molar-refractivity contribution in [3.8, 4) is 6.07 Å². The predicted molar refractivity (Wildman–Crippen MR) is 110 cm³/mol. The van der Waals surface area contributed by atoms with Crippen LogP contribution in [0.3, 0.4) is 0 Å². The summed E-state index contributed by atoms with van der Waals surface area (Å²) in [6.45, 7) is 2.62. The number of nitriles is 1. The highest BCUT2D eigenvalue weighted by molar-refractivity contribution is 6.10. The number of imidazole rings is 1. The first-order chi connectivity index (χ1) is 12.7. The number of allylic oxidation sites excluding steroid dienone is 1. The van der Waals surface area contributed by atoms with Gasteiger partial charge in [0.25, 0.3) is 0 Å². The Hall–Kier alpha value is -3.06. The second kappa shape index (κ2) is 10.7. The van der Waals surface area contributed by atoms with Crippen LogP contribution in [0, 0.1) is 17.2 Å². The molecule has 1 unspecified atom stereocenters. The lowest BCUT2D eigenvalue weighted by Gasteiger charge is -2.07. The maximum atomic E-state index is 8.45. The summed E-state index contributed by atoms with van der Waals surface area (Å²) in [6, 6.07) is 23.2. The Morgan fingerprint density at radius 2 is 1.69 bits per heavy atom. The molecule has 0 spiro atoms. The highest BCUT2D eigenvalue weighted by atomic mass is 15.0. The molecule has 0 aliphatic heterocycles. The monoisotopic (exact) mass is 341 g/mol. The van der Waals surface area contributed by atoms with E-state index in [0.717, 1.165) is 12.9 Å². The largest absolute Gasteiger partial charge is 0.336 e. The van der Waals surface area contributed by atoms with Gasteiger partial charge in [0, 0.05) is 18.9 Å². The van der Waals surface area contributed by atoms with E-state index >= 15 is 0 Å². The normalized spacial score (nSPS) is 10.8. The summed E-state index contributed by atoms with van der Waals surface area (Å²) < 4.78 is 1.90. The Kier molecular flexibility index (Phi) is 7.96. The van der Waals surface area contributed by atoms with Gasteiger partial charge in [0.2, 0.25) is 0 Å². The minimum absolute atomic E-state index is 0.0641. The highest BCUT2D eigenvalue weighted by Crippen LogP contribution is 2.23. The standard InChI is InChI=1S/C15H15B.C7H9N3/c16-12-11-15(13-7-3-1-4-8-13)14-9-5-2-6-10-14;1-7(4-8)5-10-3-2-9-6-10/h1-11H,12,16H2;2-3,6-7H,5H2,1H3. The quantitative estimate of drug-likeness (QED) is 0.652. The lowest BCUT2D eigenvalue weighted by molar-refractivity contribution is 0.580. The fourth-order valence-electron chi connectivity index (χ4n) is 2.59. The van der Waals surface area contributed by atoms with Gasteiger partial charge in [-0.05, 0) is 23.6 Å². The van der Waals surface area contributed by atoms with Gasteiger partial charge in [-0.3, -0.25) is 0 Å². The molecule has 4 heteroatoms. The fraction of sp³-hybridized carbons (Fsp3) is 0.182. The maximum absolute atomic E-state index is 8.45. The number of hydrogen-bond acceptors (Lipinski definition) is 2. The molecule has 3 rings (SSSR count). The van der Waals surface area contributed by atoms with Gasteiger partial charge in [-0.1, -0.05) is 73.1 Å². The molecular weight excluding hydrogens is 317 g/mol. The molecule has 1 atom stereocenters. The van der Waals surface area contributed by atoms with Crippen LogP contribution in [0.15, 0.2) is 85.5 Å². The van der Waals surface area contributed by atoms with Crippen molar-refractivity contribution >= 4 is 13.4 Å². The molecule has 0 amide bonds. The Bertz CT molecular complexity index is 777. The van der Waals surface area contributed by atoms with Crippen LogP contribution in [0.4, 0.5) is 0 Å². The topological polar surface area (TPSA) is 41.6 Å². The van der Waals surface area contributed by atoms with Crippen molar-refractivity contribution in [2.24, 2.45) is 5.92 Å². The van der Waals surface area contributed by atoms with Crippen LogP contribution in [0.25, 0.3) is 5.57 Å². The van der Waals surface area contributed by atoms with Crippen LogP contribution in [0.1, 0.15) is 18.1 Å². The molecule has 0 N–H and O–H groups in total. The van der Waals surface area contributed by atoms with Crippen LogP contribution in [-0.2, 0) is 6.54 Å². The molecule has 3 aromatic rings. The zero-order valence-corrected chi connectivity index (χ0v) is 15.4. The first kappa shape index (κ1) is 19.3. The molecule has 26 heavy (non-hydrogen) atoms. The zero-order chi connectivity index (χ0) is 18.6. The molecule has 0 saturated carbocycles. The van der Waals surface area contributed by atoms with Crippen LogP contribution < -0.4 is 0 Å². The van der Waals surface area contributed by atoms with E-state index in [1.165, 1.54) is 16.7 Å². The van der Waals surface area contributed by atoms with Crippen molar-refractivity contribution in [3.05, 3.63) is 96.6 Å². The molecule has 0 aliphatic carbocycles. The first-order valence-electron chi connectivity index (χ1n) is 8.91. The number of rotatable bonds is 5. The number of benzene rings is 2. The Balaban J connectivity index is 0.000000209. The molecule has 0 fully saturated rings. The van der Waals surface area contributed by atoms with Crippen molar-refractivity contribution < 1.29 is 0 Å². The van der Waals surface area contributed by atoms with Gasteiger partial charge in [0.15, 0.2) is 0 Å². The lowest BCUT2D eigenvalue weighted by atomic mass is 9.93. The van der Waals surface area contributed by atoms with Crippen LogP contribution >= 0.6 is 0 Å². The average Bonchev–Trinajstić information content (AvgIpc) is 3.21. The third-order valence-electron chi connectivity index (χ3n) is 3.84. The third kappa shape index (κ3) is 6.10. The molecule has 0 aliphatic rings. The van der Waals surface area contributed by atoms with Gasteiger partial charge in [-0.15, -0.1) is 0 Å². The predicted octanol–water partition coefficient (Wildman–Crippen LogP) is 4.21. The molecule has 1 heterocycles. The van der Waals surface area contributed by atoms with E-state index in [2.05, 4.69) is 85.6 Å². The molecular formula is C22H24BN3. The van der Waals surface area contributed by atoms with Gasteiger partial charge in [-0.2, -0.15) is 5.26 Å². The summed E-state index contributed by atoms with van der Waals surface area (Å²) in [5.74, 6) is 0.0641. The summed E-state index contributed by atoms with van der Waals surface area (Å²) in [5, 5.41) is 8.45. The van der Waals surface area contributed by atoms with Crippen molar-refractivity contribution in [2.45, 2.75) is 19.8 Å². The van der Waals surface area contributed by atoms with Gasteiger partial charge in [0.1, 0.15) is 7.85 Å². The lowest BCUT2D eigenvalue weighted by Crippen LogP contribution is -2.02. The van der Waals surface area contributed by atoms with Crippen molar-refractivity contribution in [1.82, 2.24) is 9.55 Å². The van der Waals surface area contributed by atoms with Gasteiger partial charge in [-0.25, -0.2) is 4.98 Å². The van der Waals surface area contributed by atoms with Crippen molar-refractivity contribution in [3.63, 3.8) is 0 Å². The smallest absolute Gasteiger partial charge is 0.106 e. The van der Waals surface area contributed by atoms with Crippen LogP contribution in [-0.4, -0.2) is 17.4 Å². The van der Waals surface area contributed by atoms with Crippen LogP contribution in [0.5, 0.6) is 0 Å². The molecule has 3 nitrogen and oxygen atoms in total. The second-order valence-corrected chi connectivity index (χ2v) is 6.05. The molecule has 1 aromatic heterocycles. The number of aromatic nitrogens is 2. The van der Waals surface area contributed by atoms with Crippen LogP contribution in [0.2, 0.25) is 6.32 Å². The zero-order valence-electron chi connectivity index (χ0n) is 15.4. The molecule has 0 saturated heterocycles. The Labute approximate surface area is 157 Å². The number of nitrogens with zero attached hydrogens (tertiary/aromatic N) is 3. The molecule has 0 bridgehead atoms. The van der Waals surface area contributed by atoms with Crippen molar-refractivity contribution in [2.75, 3.05) is 0 Å².